The molecule has 0 spiro atoms. The summed E-state index contributed by atoms with van der Waals surface area (Å²) in [6.07, 6.45) is 3.40. The molecule has 2 aromatic heterocycles. The lowest BCUT2D eigenvalue weighted by Gasteiger charge is -2.04. The van der Waals surface area contributed by atoms with Crippen LogP contribution in [0.5, 0.6) is 0 Å². The van der Waals surface area contributed by atoms with E-state index in [2.05, 4.69) is 25.9 Å². The summed E-state index contributed by atoms with van der Waals surface area (Å²) in [4.78, 5) is 7.08. The van der Waals surface area contributed by atoms with Crippen LogP contribution in [0.2, 0.25) is 0 Å². The van der Waals surface area contributed by atoms with E-state index in [0.29, 0.717) is 10.3 Å². The number of halogens is 2. The molecule has 0 radical (unpaired) electrons. The van der Waals surface area contributed by atoms with Crippen LogP contribution in [-0.4, -0.2) is 14.5 Å². The standard InChI is InChI=1S/C12H7BrFN3S/c13-7-3-9(6-15-5-7)17-11-2-1-8(14)4-10(11)16-12(17)18/h1-6H,(H,16,18). The van der Waals surface area contributed by atoms with Crippen LogP contribution in [0.1, 0.15) is 0 Å². The van der Waals surface area contributed by atoms with Crippen LogP contribution in [0.25, 0.3) is 16.7 Å². The highest BCUT2D eigenvalue weighted by atomic mass is 79.9. The molecule has 0 fully saturated rings. The van der Waals surface area contributed by atoms with Crippen molar-refractivity contribution in [1.29, 1.82) is 0 Å². The molecule has 18 heavy (non-hydrogen) atoms. The number of rotatable bonds is 1. The van der Waals surface area contributed by atoms with Crippen LogP contribution in [-0.2, 0) is 0 Å². The molecule has 90 valence electrons. The first-order valence-electron chi connectivity index (χ1n) is 5.16. The summed E-state index contributed by atoms with van der Waals surface area (Å²) in [6.45, 7) is 0. The molecule has 1 aromatic carbocycles. The molecule has 0 bridgehead atoms. The lowest BCUT2D eigenvalue weighted by atomic mass is 10.3. The number of imidazole rings is 1. The number of H-pyrrole nitrogens is 1. The zero-order valence-electron chi connectivity index (χ0n) is 9.02. The van der Waals surface area contributed by atoms with E-state index in [1.807, 2.05) is 10.6 Å². The largest absolute Gasteiger partial charge is 0.330 e. The monoisotopic (exact) mass is 323 g/mol. The van der Waals surface area contributed by atoms with Crippen molar-refractivity contribution >= 4 is 39.2 Å². The van der Waals surface area contributed by atoms with Crippen molar-refractivity contribution in [3.63, 3.8) is 0 Å². The van der Waals surface area contributed by atoms with Crippen molar-refractivity contribution in [3.8, 4) is 5.69 Å². The lowest BCUT2D eigenvalue weighted by molar-refractivity contribution is 0.629. The van der Waals surface area contributed by atoms with Crippen molar-refractivity contribution in [3.05, 3.63) is 51.7 Å². The maximum Gasteiger partial charge on any atom is 0.182 e. The minimum atomic E-state index is -0.293. The van der Waals surface area contributed by atoms with Crippen molar-refractivity contribution < 1.29 is 4.39 Å². The topological polar surface area (TPSA) is 33.6 Å². The fourth-order valence-corrected chi connectivity index (χ4v) is 2.53. The summed E-state index contributed by atoms with van der Waals surface area (Å²) >= 11 is 8.63. The number of nitrogens with one attached hydrogen (secondary N) is 1. The number of hydrogen-bond donors (Lipinski definition) is 1. The first-order chi connectivity index (χ1) is 8.65. The van der Waals surface area contributed by atoms with Gasteiger partial charge in [0.25, 0.3) is 0 Å². The van der Waals surface area contributed by atoms with Crippen molar-refractivity contribution in [1.82, 2.24) is 14.5 Å². The minimum Gasteiger partial charge on any atom is -0.330 e. The first kappa shape index (κ1) is 11.6. The average molecular weight is 324 g/mol. The first-order valence-corrected chi connectivity index (χ1v) is 6.36. The molecule has 3 aromatic rings. The Balaban J connectivity index is 2.35. The Morgan fingerprint density at radius 1 is 1.28 bits per heavy atom. The number of hydrogen-bond acceptors (Lipinski definition) is 2. The molecule has 0 unspecified atom stereocenters. The minimum absolute atomic E-state index is 0.293. The van der Waals surface area contributed by atoms with Crippen LogP contribution in [0, 0.1) is 10.6 Å². The second-order valence-corrected chi connectivity index (χ2v) is 5.09. The zero-order chi connectivity index (χ0) is 12.7. The Labute approximate surface area is 115 Å². The number of nitrogens with zero attached hydrogens (tertiary/aromatic N) is 2. The van der Waals surface area contributed by atoms with Gasteiger partial charge in [0.1, 0.15) is 5.82 Å². The second-order valence-electron chi connectivity index (χ2n) is 3.79. The molecule has 6 heteroatoms. The molecule has 0 aliphatic carbocycles. The molecule has 0 amide bonds. The Hall–Kier alpha value is -1.53. The van der Waals surface area contributed by atoms with Gasteiger partial charge in [-0.05, 0) is 52.4 Å². The van der Waals surface area contributed by atoms with E-state index in [1.54, 1.807) is 18.5 Å². The zero-order valence-corrected chi connectivity index (χ0v) is 11.4. The normalized spacial score (nSPS) is 11.0. The second kappa shape index (κ2) is 4.29. The highest BCUT2D eigenvalue weighted by Gasteiger charge is 2.07. The van der Waals surface area contributed by atoms with Gasteiger partial charge in [-0.15, -0.1) is 0 Å². The van der Waals surface area contributed by atoms with Crippen LogP contribution in [0.15, 0.2) is 41.1 Å². The van der Waals surface area contributed by atoms with E-state index in [9.17, 15) is 4.39 Å². The third kappa shape index (κ3) is 1.87. The highest BCUT2D eigenvalue weighted by Crippen LogP contribution is 2.21. The van der Waals surface area contributed by atoms with Gasteiger partial charge in [-0.3, -0.25) is 9.55 Å². The van der Waals surface area contributed by atoms with E-state index in [1.165, 1.54) is 12.1 Å². The van der Waals surface area contributed by atoms with Gasteiger partial charge < -0.3 is 4.98 Å². The molecule has 1 N–H and O–H groups in total. The van der Waals surface area contributed by atoms with E-state index in [-0.39, 0.29) is 5.82 Å². The van der Waals surface area contributed by atoms with Gasteiger partial charge in [0.2, 0.25) is 0 Å². The van der Waals surface area contributed by atoms with Gasteiger partial charge >= 0.3 is 0 Å². The van der Waals surface area contributed by atoms with Crippen molar-refractivity contribution in [2.75, 3.05) is 0 Å². The van der Waals surface area contributed by atoms with Gasteiger partial charge in [-0.1, -0.05) is 0 Å². The van der Waals surface area contributed by atoms with E-state index in [4.69, 9.17) is 12.2 Å². The summed E-state index contributed by atoms with van der Waals surface area (Å²) in [7, 11) is 0. The number of aromatic nitrogens is 3. The predicted molar refractivity (Wildman–Crippen MR) is 73.9 cm³/mol. The van der Waals surface area contributed by atoms with Gasteiger partial charge in [0.15, 0.2) is 4.77 Å². The number of aromatic amines is 1. The fraction of sp³-hybridized carbons (Fsp3) is 0. The van der Waals surface area contributed by atoms with Gasteiger partial charge in [-0.2, -0.15) is 0 Å². The maximum absolute atomic E-state index is 13.2. The van der Waals surface area contributed by atoms with E-state index in [0.717, 1.165) is 15.7 Å². The molecule has 0 aliphatic heterocycles. The molecule has 0 saturated heterocycles. The van der Waals surface area contributed by atoms with Crippen LogP contribution < -0.4 is 0 Å². The third-order valence-corrected chi connectivity index (χ3v) is 3.31. The van der Waals surface area contributed by atoms with Crippen LogP contribution in [0.4, 0.5) is 4.39 Å². The van der Waals surface area contributed by atoms with Crippen LogP contribution in [0.3, 0.4) is 0 Å². The smallest absolute Gasteiger partial charge is 0.182 e. The molecule has 3 nitrogen and oxygen atoms in total. The number of fused-ring (bicyclic) bond motifs is 1. The third-order valence-electron chi connectivity index (χ3n) is 2.59. The summed E-state index contributed by atoms with van der Waals surface area (Å²) in [5.74, 6) is -0.293. The van der Waals surface area contributed by atoms with E-state index < -0.39 is 0 Å². The SMILES string of the molecule is Fc1ccc2c(c1)[nH]c(=S)n2-c1cncc(Br)c1. The Morgan fingerprint density at radius 3 is 2.89 bits per heavy atom. The molecular formula is C12H7BrFN3S. The van der Waals surface area contributed by atoms with Gasteiger partial charge in [0, 0.05) is 10.7 Å². The van der Waals surface area contributed by atoms with Crippen LogP contribution >= 0.6 is 28.1 Å². The summed E-state index contributed by atoms with van der Waals surface area (Å²) in [6, 6.07) is 6.43. The summed E-state index contributed by atoms with van der Waals surface area (Å²) in [5.41, 5.74) is 2.31. The highest BCUT2D eigenvalue weighted by molar-refractivity contribution is 9.10. The number of pyridine rings is 1. The Morgan fingerprint density at radius 2 is 2.11 bits per heavy atom. The Kier molecular flexibility index (Phi) is 2.76. The molecular weight excluding hydrogens is 317 g/mol. The lowest BCUT2D eigenvalue weighted by Crippen LogP contribution is -1.94. The number of benzene rings is 1. The summed E-state index contributed by atoms with van der Waals surface area (Å²) < 4.78 is 16.4. The maximum atomic E-state index is 13.2. The molecule has 0 aliphatic rings. The Bertz CT molecular complexity index is 793. The molecule has 2 heterocycles. The average Bonchev–Trinajstić information content (AvgIpc) is 2.64. The molecule has 3 rings (SSSR count). The summed E-state index contributed by atoms with van der Waals surface area (Å²) in [5, 5.41) is 0. The van der Waals surface area contributed by atoms with Crippen molar-refractivity contribution in [2.45, 2.75) is 0 Å². The molecule has 0 atom stereocenters. The predicted octanol–water partition coefficient (Wildman–Crippen LogP) is 3.98. The van der Waals surface area contributed by atoms with Crippen molar-refractivity contribution in [2.24, 2.45) is 0 Å². The van der Waals surface area contributed by atoms with Gasteiger partial charge in [-0.25, -0.2) is 4.39 Å². The molecule has 0 saturated carbocycles. The fourth-order valence-electron chi connectivity index (χ4n) is 1.86. The van der Waals surface area contributed by atoms with E-state index >= 15 is 0 Å². The van der Waals surface area contributed by atoms with Gasteiger partial charge in [0.05, 0.1) is 22.9 Å². The quantitative estimate of drug-likeness (QED) is 0.687.